The van der Waals surface area contributed by atoms with Crippen LogP contribution in [-0.4, -0.2) is 20.1 Å². The Morgan fingerprint density at radius 3 is 2.82 bits per heavy atom. The monoisotopic (exact) mass is 251 g/mol. The van der Waals surface area contributed by atoms with Gasteiger partial charge in [0.2, 0.25) is 0 Å². The number of hydrogen-bond donors (Lipinski definition) is 1. The lowest BCUT2D eigenvalue weighted by atomic mass is 10.0. The molecule has 1 heterocycles. The van der Waals surface area contributed by atoms with E-state index < -0.39 is 6.10 Å². The van der Waals surface area contributed by atoms with Crippen LogP contribution in [0.1, 0.15) is 22.9 Å². The number of hydrogen-bond acceptors (Lipinski definition) is 3. The number of aromatic nitrogens is 3. The fourth-order valence-corrected chi connectivity index (χ4v) is 1.80. The highest BCUT2D eigenvalue weighted by atomic mass is 35.5. The van der Waals surface area contributed by atoms with Crippen LogP contribution in [0.25, 0.3) is 0 Å². The minimum absolute atomic E-state index is 0.453. The Balaban J connectivity index is 2.14. The fraction of sp³-hybridized carbons (Fsp3) is 0.333. The number of benzene rings is 1. The molecule has 2 rings (SSSR count). The van der Waals surface area contributed by atoms with E-state index in [1.807, 2.05) is 19.1 Å². The zero-order chi connectivity index (χ0) is 12.4. The molecule has 1 aromatic carbocycles. The first-order valence-electron chi connectivity index (χ1n) is 5.35. The van der Waals surface area contributed by atoms with Gasteiger partial charge in [-0.1, -0.05) is 28.9 Å². The molecule has 0 amide bonds. The highest BCUT2D eigenvalue weighted by molar-refractivity contribution is 6.31. The predicted molar refractivity (Wildman–Crippen MR) is 65.9 cm³/mol. The summed E-state index contributed by atoms with van der Waals surface area (Å²) < 4.78 is 1.62. The zero-order valence-electron chi connectivity index (χ0n) is 9.76. The molecule has 0 saturated heterocycles. The van der Waals surface area contributed by atoms with Crippen LogP contribution in [0.3, 0.4) is 0 Å². The molecule has 0 saturated carbocycles. The van der Waals surface area contributed by atoms with Gasteiger partial charge in [0.1, 0.15) is 0 Å². The Morgan fingerprint density at radius 1 is 1.47 bits per heavy atom. The van der Waals surface area contributed by atoms with Crippen LogP contribution < -0.4 is 0 Å². The number of nitrogens with zero attached hydrogens (tertiary/aromatic N) is 3. The molecule has 17 heavy (non-hydrogen) atoms. The van der Waals surface area contributed by atoms with Gasteiger partial charge in [-0.05, 0) is 24.1 Å². The van der Waals surface area contributed by atoms with Crippen molar-refractivity contribution in [1.29, 1.82) is 0 Å². The summed E-state index contributed by atoms with van der Waals surface area (Å²) in [6, 6.07) is 5.52. The summed E-state index contributed by atoms with van der Waals surface area (Å²) in [5.74, 6) is 0. The maximum Gasteiger partial charge on any atom is 0.0856 e. The van der Waals surface area contributed by atoms with Gasteiger partial charge in [0.15, 0.2) is 0 Å². The van der Waals surface area contributed by atoms with Crippen molar-refractivity contribution in [1.82, 2.24) is 15.0 Å². The van der Waals surface area contributed by atoms with Gasteiger partial charge in [0, 0.05) is 24.7 Å². The Labute approximate surface area is 105 Å². The smallest absolute Gasteiger partial charge is 0.0856 e. The van der Waals surface area contributed by atoms with E-state index in [9.17, 15) is 5.11 Å². The first-order valence-corrected chi connectivity index (χ1v) is 5.73. The molecule has 5 heteroatoms. The molecular formula is C12H14ClN3O. The summed E-state index contributed by atoms with van der Waals surface area (Å²) in [6.45, 7) is 1.92. The fourth-order valence-electron chi connectivity index (χ4n) is 1.68. The van der Waals surface area contributed by atoms with Crippen LogP contribution >= 0.6 is 11.6 Å². The van der Waals surface area contributed by atoms with Crippen molar-refractivity contribution in [3.05, 3.63) is 46.2 Å². The van der Waals surface area contributed by atoms with Gasteiger partial charge in [-0.15, -0.1) is 5.10 Å². The zero-order valence-corrected chi connectivity index (χ0v) is 10.5. The molecule has 1 unspecified atom stereocenters. The van der Waals surface area contributed by atoms with Gasteiger partial charge in [0.05, 0.1) is 11.8 Å². The second-order valence-electron chi connectivity index (χ2n) is 4.11. The number of rotatable bonds is 3. The summed E-state index contributed by atoms with van der Waals surface area (Å²) in [5, 5.41) is 18.6. The topological polar surface area (TPSA) is 50.9 Å². The van der Waals surface area contributed by atoms with Gasteiger partial charge in [0.25, 0.3) is 0 Å². The van der Waals surface area contributed by atoms with Crippen molar-refractivity contribution < 1.29 is 5.11 Å². The van der Waals surface area contributed by atoms with Gasteiger partial charge < -0.3 is 5.11 Å². The lowest BCUT2D eigenvalue weighted by Gasteiger charge is -2.10. The molecule has 0 aliphatic rings. The first kappa shape index (κ1) is 12.1. The van der Waals surface area contributed by atoms with E-state index in [4.69, 9.17) is 11.6 Å². The molecule has 90 valence electrons. The molecule has 1 N–H and O–H groups in total. The third kappa shape index (κ3) is 2.84. The summed E-state index contributed by atoms with van der Waals surface area (Å²) in [7, 11) is 1.80. The number of halogens is 1. The SMILES string of the molecule is Cc1cc(C(O)Cc2cn(C)nn2)ccc1Cl. The summed E-state index contributed by atoms with van der Waals surface area (Å²) >= 11 is 5.94. The third-order valence-electron chi connectivity index (χ3n) is 2.62. The van der Waals surface area contributed by atoms with Crippen molar-refractivity contribution >= 4 is 11.6 Å². The van der Waals surface area contributed by atoms with E-state index in [-0.39, 0.29) is 0 Å². The molecule has 0 fully saturated rings. The lowest BCUT2D eigenvalue weighted by molar-refractivity contribution is 0.177. The van der Waals surface area contributed by atoms with E-state index in [0.29, 0.717) is 11.4 Å². The number of aryl methyl sites for hydroxylation is 2. The second-order valence-corrected chi connectivity index (χ2v) is 4.52. The molecule has 1 atom stereocenters. The average Bonchev–Trinajstić information content (AvgIpc) is 2.68. The largest absolute Gasteiger partial charge is 0.388 e. The minimum atomic E-state index is -0.581. The number of aliphatic hydroxyl groups excluding tert-OH is 1. The Bertz CT molecular complexity index is 524. The van der Waals surface area contributed by atoms with Crippen molar-refractivity contribution in [2.75, 3.05) is 0 Å². The Kier molecular flexibility index (Phi) is 3.45. The molecule has 0 spiro atoms. The van der Waals surface area contributed by atoms with Gasteiger partial charge >= 0.3 is 0 Å². The molecule has 0 aliphatic heterocycles. The predicted octanol–water partition coefficient (Wildman–Crippen LogP) is 2.05. The van der Waals surface area contributed by atoms with E-state index in [1.54, 1.807) is 24.0 Å². The third-order valence-corrected chi connectivity index (χ3v) is 3.04. The van der Waals surface area contributed by atoms with Crippen molar-refractivity contribution in [2.45, 2.75) is 19.4 Å². The molecule has 0 bridgehead atoms. The quantitative estimate of drug-likeness (QED) is 0.908. The van der Waals surface area contributed by atoms with Crippen LogP contribution in [0.15, 0.2) is 24.4 Å². The average molecular weight is 252 g/mol. The van der Waals surface area contributed by atoms with Crippen LogP contribution in [0.5, 0.6) is 0 Å². The highest BCUT2D eigenvalue weighted by Crippen LogP contribution is 2.22. The Morgan fingerprint density at radius 2 is 2.24 bits per heavy atom. The van der Waals surface area contributed by atoms with E-state index in [0.717, 1.165) is 16.8 Å². The molecular weight excluding hydrogens is 238 g/mol. The lowest BCUT2D eigenvalue weighted by Crippen LogP contribution is -2.02. The van der Waals surface area contributed by atoms with Crippen LogP contribution in [-0.2, 0) is 13.5 Å². The Hall–Kier alpha value is -1.39. The van der Waals surface area contributed by atoms with Crippen LogP contribution in [0, 0.1) is 6.92 Å². The molecule has 0 aliphatic carbocycles. The van der Waals surface area contributed by atoms with Gasteiger partial charge in [-0.25, -0.2) is 0 Å². The number of aliphatic hydroxyl groups is 1. The molecule has 4 nitrogen and oxygen atoms in total. The second kappa shape index (κ2) is 4.85. The minimum Gasteiger partial charge on any atom is -0.388 e. The summed E-state index contributed by atoms with van der Waals surface area (Å²) in [4.78, 5) is 0. The normalized spacial score (nSPS) is 12.7. The standard InChI is InChI=1S/C12H14ClN3O/c1-8-5-9(3-4-11(8)13)12(17)6-10-7-16(2)15-14-10/h3-5,7,12,17H,6H2,1-2H3. The van der Waals surface area contributed by atoms with Gasteiger partial charge in [-0.3, -0.25) is 4.68 Å². The molecule has 0 radical (unpaired) electrons. The highest BCUT2D eigenvalue weighted by Gasteiger charge is 2.11. The maximum absolute atomic E-state index is 10.1. The van der Waals surface area contributed by atoms with Crippen molar-refractivity contribution in [2.24, 2.45) is 7.05 Å². The van der Waals surface area contributed by atoms with E-state index in [1.165, 1.54) is 0 Å². The van der Waals surface area contributed by atoms with E-state index >= 15 is 0 Å². The van der Waals surface area contributed by atoms with Gasteiger partial charge in [-0.2, -0.15) is 0 Å². The maximum atomic E-state index is 10.1. The van der Waals surface area contributed by atoms with Crippen molar-refractivity contribution in [3.63, 3.8) is 0 Å². The van der Waals surface area contributed by atoms with Crippen molar-refractivity contribution in [3.8, 4) is 0 Å². The molecule has 1 aromatic heterocycles. The van der Waals surface area contributed by atoms with E-state index in [2.05, 4.69) is 10.3 Å². The van der Waals surface area contributed by atoms with Crippen LogP contribution in [0.2, 0.25) is 5.02 Å². The summed E-state index contributed by atoms with van der Waals surface area (Å²) in [6.07, 6.45) is 1.67. The first-order chi connectivity index (χ1) is 8.06. The summed E-state index contributed by atoms with van der Waals surface area (Å²) in [5.41, 5.74) is 2.58. The molecule has 2 aromatic rings. The van der Waals surface area contributed by atoms with Crippen LogP contribution in [0.4, 0.5) is 0 Å².